The molecule has 1 heterocycles. The summed E-state index contributed by atoms with van der Waals surface area (Å²) in [4.78, 5) is 17.3. The van der Waals surface area contributed by atoms with E-state index < -0.39 is 6.17 Å². The van der Waals surface area contributed by atoms with Crippen molar-refractivity contribution in [1.82, 2.24) is 21.5 Å². The Morgan fingerprint density at radius 2 is 2.04 bits per heavy atom. The van der Waals surface area contributed by atoms with Crippen molar-refractivity contribution in [3.05, 3.63) is 0 Å². The number of nitrogens with one attached hydrogen (secondary N) is 4. The highest BCUT2D eigenvalue weighted by Gasteiger charge is 2.41. The topological polar surface area (TPSA) is 77.5 Å². The summed E-state index contributed by atoms with van der Waals surface area (Å²) in [5.74, 6) is 1.11. The third kappa shape index (κ3) is 5.78. The van der Waals surface area contributed by atoms with Gasteiger partial charge in [-0.1, -0.05) is 20.3 Å². The number of amides is 1. The molecule has 0 aromatic carbocycles. The SMILES string of the molecule is CC(C)CN=C(NC(=O)C1CCCC(Cl)C1)NC1NNC2CC(F)CCC21. The first-order valence-electron chi connectivity index (χ1n) is 10.3. The summed E-state index contributed by atoms with van der Waals surface area (Å²) in [6.07, 6.45) is 4.69. The zero-order valence-corrected chi connectivity index (χ0v) is 17.1. The van der Waals surface area contributed by atoms with Crippen LogP contribution in [0.4, 0.5) is 4.39 Å². The lowest BCUT2D eigenvalue weighted by Gasteiger charge is -2.30. The van der Waals surface area contributed by atoms with Crippen molar-refractivity contribution in [3.8, 4) is 0 Å². The van der Waals surface area contributed by atoms with E-state index in [0.717, 1.165) is 32.1 Å². The molecule has 27 heavy (non-hydrogen) atoms. The van der Waals surface area contributed by atoms with Crippen LogP contribution in [0.15, 0.2) is 4.99 Å². The number of hydrogen-bond donors (Lipinski definition) is 4. The molecular formula is C19H33ClFN5O. The van der Waals surface area contributed by atoms with Gasteiger partial charge in [-0.05, 0) is 44.4 Å². The van der Waals surface area contributed by atoms with E-state index in [1.165, 1.54) is 0 Å². The van der Waals surface area contributed by atoms with Gasteiger partial charge in [-0.3, -0.25) is 20.5 Å². The monoisotopic (exact) mass is 401 g/mol. The highest BCUT2D eigenvalue weighted by atomic mass is 35.5. The molecule has 154 valence electrons. The number of guanidine groups is 1. The smallest absolute Gasteiger partial charge is 0.229 e. The Morgan fingerprint density at radius 3 is 2.78 bits per heavy atom. The number of alkyl halides is 2. The van der Waals surface area contributed by atoms with Crippen LogP contribution in [-0.4, -0.2) is 42.2 Å². The van der Waals surface area contributed by atoms with Gasteiger partial charge in [0.05, 0.1) is 6.17 Å². The molecule has 3 fully saturated rings. The number of nitrogens with zero attached hydrogens (tertiary/aromatic N) is 1. The average Bonchev–Trinajstić information content (AvgIpc) is 3.01. The predicted molar refractivity (Wildman–Crippen MR) is 106 cm³/mol. The van der Waals surface area contributed by atoms with E-state index in [4.69, 9.17) is 11.6 Å². The standard InChI is InChI=1S/C19H33ClFN5O/c1-11(2)10-22-19(24-18(27)12-4-3-5-13(20)8-12)23-17-15-7-6-14(21)9-16(15)25-26-17/h11-17,25-26H,3-10H2,1-2H3,(H2,22,23,24,27). The summed E-state index contributed by atoms with van der Waals surface area (Å²) < 4.78 is 13.7. The van der Waals surface area contributed by atoms with E-state index in [2.05, 4.69) is 40.3 Å². The van der Waals surface area contributed by atoms with Crippen LogP contribution in [0, 0.1) is 17.8 Å². The van der Waals surface area contributed by atoms with Crippen molar-refractivity contribution in [3.63, 3.8) is 0 Å². The first-order chi connectivity index (χ1) is 12.9. The Balaban J connectivity index is 1.61. The van der Waals surface area contributed by atoms with Gasteiger partial charge in [-0.2, -0.15) is 0 Å². The van der Waals surface area contributed by atoms with Crippen molar-refractivity contribution < 1.29 is 9.18 Å². The van der Waals surface area contributed by atoms with Crippen LogP contribution < -0.4 is 21.5 Å². The lowest BCUT2D eigenvalue weighted by atomic mass is 9.83. The largest absolute Gasteiger partial charge is 0.339 e. The molecule has 0 radical (unpaired) electrons. The number of rotatable bonds is 4. The van der Waals surface area contributed by atoms with E-state index in [1.807, 2.05) is 0 Å². The Bertz CT molecular complexity index is 546. The third-order valence-electron chi connectivity index (χ3n) is 5.82. The fourth-order valence-electron chi connectivity index (χ4n) is 4.28. The van der Waals surface area contributed by atoms with Crippen LogP contribution in [0.25, 0.3) is 0 Å². The zero-order valence-electron chi connectivity index (χ0n) is 16.3. The van der Waals surface area contributed by atoms with Gasteiger partial charge >= 0.3 is 0 Å². The molecule has 4 N–H and O–H groups in total. The summed E-state index contributed by atoms with van der Waals surface area (Å²) in [6, 6.07) is 0.114. The van der Waals surface area contributed by atoms with E-state index >= 15 is 0 Å². The van der Waals surface area contributed by atoms with Gasteiger partial charge in [0.1, 0.15) is 6.17 Å². The molecule has 6 nitrogen and oxygen atoms in total. The number of aliphatic imine (C=N–C) groups is 1. The highest BCUT2D eigenvalue weighted by molar-refractivity contribution is 6.20. The van der Waals surface area contributed by atoms with Crippen molar-refractivity contribution >= 4 is 23.5 Å². The average molecular weight is 402 g/mol. The molecule has 0 aromatic rings. The first kappa shape index (κ1) is 20.8. The molecule has 2 saturated carbocycles. The quantitative estimate of drug-likeness (QED) is 0.331. The fourth-order valence-corrected chi connectivity index (χ4v) is 4.65. The number of carbonyl (C=O) groups is 1. The van der Waals surface area contributed by atoms with Crippen LogP contribution in [0.3, 0.4) is 0 Å². The minimum atomic E-state index is -0.733. The molecule has 8 heteroatoms. The maximum absolute atomic E-state index is 13.7. The Morgan fingerprint density at radius 1 is 1.22 bits per heavy atom. The maximum atomic E-state index is 13.7. The van der Waals surface area contributed by atoms with Gasteiger partial charge in [-0.15, -0.1) is 11.6 Å². The van der Waals surface area contributed by atoms with Crippen molar-refractivity contribution in [2.45, 2.75) is 82.5 Å². The van der Waals surface area contributed by atoms with Crippen molar-refractivity contribution in [2.24, 2.45) is 22.7 Å². The molecule has 1 amide bonds. The van der Waals surface area contributed by atoms with Gasteiger partial charge in [0.25, 0.3) is 0 Å². The van der Waals surface area contributed by atoms with Crippen LogP contribution in [0.2, 0.25) is 0 Å². The second-order valence-electron chi connectivity index (χ2n) is 8.62. The molecular weight excluding hydrogens is 369 g/mol. The number of carbonyl (C=O) groups excluding carboxylic acids is 1. The number of fused-ring (bicyclic) bond motifs is 1. The highest BCUT2D eigenvalue weighted by Crippen LogP contribution is 2.31. The fraction of sp³-hybridized carbons (Fsp3) is 0.895. The summed E-state index contributed by atoms with van der Waals surface area (Å²) in [6.45, 7) is 4.82. The summed E-state index contributed by atoms with van der Waals surface area (Å²) >= 11 is 6.25. The van der Waals surface area contributed by atoms with Crippen LogP contribution in [0.5, 0.6) is 0 Å². The van der Waals surface area contributed by atoms with E-state index in [1.54, 1.807) is 0 Å². The van der Waals surface area contributed by atoms with Crippen LogP contribution >= 0.6 is 11.6 Å². The number of hydrazine groups is 1. The number of halogens is 2. The molecule has 0 aromatic heterocycles. The molecule has 6 atom stereocenters. The zero-order chi connectivity index (χ0) is 19.4. The molecule has 3 aliphatic rings. The third-order valence-corrected chi connectivity index (χ3v) is 6.22. The Labute approximate surface area is 166 Å². The maximum Gasteiger partial charge on any atom is 0.229 e. The molecule has 2 aliphatic carbocycles. The van der Waals surface area contributed by atoms with E-state index in [0.29, 0.717) is 31.3 Å². The minimum Gasteiger partial charge on any atom is -0.339 e. The van der Waals surface area contributed by atoms with Crippen molar-refractivity contribution in [1.29, 1.82) is 0 Å². The van der Waals surface area contributed by atoms with E-state index in [-0.39, 0.29) is 35.3 Å². The van der Waals surface area contributed by atoms with Gasteiger partial charge in [-0.25, -0.2) is 9.82 Å². The lowest BCUT2D eigenvalue weighted by molar-refractivity contribution is -0.124. The van der Waals surface area contributed by atoms with Gasteiger partial charge in [0.2, 0.25) is 5.91 Å². The minimum absolute atomic E-state index is 0.00895. The first-order valence-corrected chi connectivity index (χ1v) is 10.8. The predicted octanol–water partition coefficient (Wildman–Crippen LogP) is 2.44. The normalized spacial score (nSPS) is 37.1. The molecule has 0 spiro atoms. The molecule has 1 saturated heterocycles. The van der Waals surface area contributed by atoms with Crippen LogP contribution in [0.1, 0.15) is 58.8 Å². The van der Waals surface area contributed by atoms with Crippen LogP contribution in [-0.2, 0) is 4.79 Å². The van der Waals surface area contributed by atoms with Gasteiger partial charge in [0, 0.05) is 29.8 Å². The lowest BCUT2D eigenvalue weighted by Crippen LogP contribution is -2.54. The second kappa shape index (κ2) is 9.52. The molecule has 3 rings (SSSR count). The Hall–Kier alpha value is -0.920. The molecule has 6 unspecified atom stereocenters. The molecule has 0 bridgehead atoms. The molecule has 1 aliphatic heterocycles. The summed E-state index contributed by atoms with van der Waals surface area (Å²) in [7, 11) is 0. The second-order valence-corrected chi connectivity index (χ2v) is 9.24. The Kier molecular flexibility index (Phi) is 7.34. The van der Waals surface area contributed by atoms with Gasteiger partial charge in [0.15, 0.2) is 5.96 Å². The summed E-state index contributed by atoms with van der Waals surface area (Å²) in [5, 5.41) is 6.43. The van der Waals surface area contributed by atoms with Crippen molar-refractivity contribution in [2.75, 3.05) is 6.54 Å². The van der Waals surface area contributed by atoms with Gasteiger partial charge < -0.3 is 5.32 Å². The van der Waals surface area contributed by atoms with E-state index in [9.17, 15) is 9.18 Å². The number of hydrogen-bond acceptors (Lipinski definition) is 4. The summed E-state index contributed by atoms with van der Waals surface area (Å²) in [5.41, 5.74) is 6.41.